The summed E-state index contributed by atoms with van der Waals surface area (Å²) in [6, 6.07) is 13.0. The topological polar surface area (TPSA) is 99.2 Å². The van der Waals surface area contributed by atoms with Crippen molar-refractivity contribution in [3.8, 4) is 22.6 Å². The summed E-state index contributed by atoms with van der Waals surface area (Å²) >= 11 is 2.37. The highest BCUT2D eigenvalue weighted by Crippen LogP contribution is 2.33. The van der Waals surface area contributed by atoms with Crippen LogP contribution in [0.1, 0.15) is 0 Å². The first kappa shape index (κ1) is 21.0. The SMILES string of the molecule is COc1ccc(-c2csc3nc(SCC(=O)NN)n(-c4cccc(F)c4)c(=O)c23)cc1. The third-order valence-electron chi connectivity index (χ3n) is 4.54. The van der Waals surface area contributed by atoms with Gasteiger partial charge in [-0.1, -0.05) is 30.0 Å². The number of nitrogens with zero attached hydrogens (tertiary/aromatic N) is 2. The van der Waals surface area contributed by atoms with Gasteiger partial charge in [-0.2, -0.15) is 0 Å². The molecule has 0 fully saturated rings. The van der Waals surface area contributed by atoms with Crippen LogP contribution in [0.2, 0.25) is 0 Å². The Morgan fingerprint density at radius 2 is 2.06 bits per heavy atom. The van der Waals surface area contributed by atoms with Gasteiger partial charge in [-0.25, -0.2) is 15.2 Å². The zero-order chi connectivity index (χ0) is 22.0. The minimum absolute atomic E-state index is 0.0412. The predicted molar refractivity (Wildman–Crippen MR) is 120 cm³/mol. The number of hydrazine groups is 1. The molecule has 0 saturated carbocycles. The van der Waals surface area contributed by atoms with Crippen molar-refractivity contribution in [2.75, 3.05) is 12.9 Å². The van der Waals surface area contributed by atoms with Crippen molar-refractivity contribution in [1.82, 2.24) is 15.0 Å². The molecule has 1 amide bonds. The van der Waals surface area contributed by atoms with Crippen molar-refractivity contribution in [3.05, 3.63) is 70.1 Å². The van der Waals surface area contributed by atoms with E-state index in [0.717, 1.165) is 22.9 Å². The quantitative estimate of drug-likeness (QED) is 0.152. The zero-order valence-electron chi connectivity index (χ0n) is 16.3. The molecule has 0 spiro atoms. The van der Waals surface area contributed by atoms with Gasteiger partial charge >= 0.3 is 0 Å². The molecule has 0 radical (unpaired) electrons. The molecule has 0 atom stereocenters. The van der Waals surface area contributed by atoms with Crippen LogP contribution in [0.15, 0.2) is 63.9 Å². The maximum Gasteiger partial charge on any atom is 0.268 e. The number of benzene rings is 2. The van der Waals surface area contributed by atoms with Crippen molar-refractivity contribution in [1.29, 1.82) is 0 Å². The number of amides is 1. The monoisotopic (exact) mass is 456 g/mol. The third-order valence-corrected chi connectivity index (χ3v) is 6.35. The molecule has 2 aromatic carbocycles. The Labute approximate surface area is 184 Å². The van der Waals surface area contributed by atoms with Crippen molar-refractivity contribution >= 4 is 39.2 Å². The van der Waals surface area contributed by atoms with E-state index in [-0.39, 0.29) is 16.5 Å². The van der Waals surface area contributed by atoms with Crippen molar-refractivity contribution < 1.29 is 13.9 Å². The molecule has 31 heavy (non-hydrogen) atoms. The fraction of sp³-hybridized carbons (Fsp3) is 0.0952. The lowest BCUT2D eigenvalue weighted by Gasteiger charge is -2.12. The average Bonchev–Trinajstić information content (AvgIpc) is 3.21. The van der Waals surface area contributed by atoms with E-state index in [4.69, 9.17) is 10.6 Å². The Balaban J connectivity index is 1.92. The van der Waals surface area contributed by atoms with E-state index in [9.17, 15) is 14.0 Å². The largest absolute Gasteiger partial charge is 0.497 e. The smallest absolute Gasteiger partial charge is 0.268 e. The first-order valence-electron chi connectivity index (χ1n) is 9.08. The first-order chi connectivity index (χ1) is 15.0. The summed E-state index contributed by atoms with van der Waals surface area (Å²) in [6.45, 7) is 0. The highest BCUT2D eigenvalue weighted by molar-refractivity contribution is 7.99. The van der Waals surface area contributed by atoms with Crippen LogP contribution in [0.3, 0.4) is 0 Å². The van der Waals surface area contributed by atoms with Crippen LogP contribution in [0.5, 0.6) is 5.75 Å². The number of carbonyl (C=O) groups excluding carboxylic acids is 1. The zero-order valence-corrected chi connectivity index (χ0v) is 17.9. The van der Waals surface area contributed by atoms with Gasteiger partial charge in [0.15, 0.2) is 5.16 Å². The number of halogens is 1. The Morgan fingerprint density at radius 3 is 2.74 bits per heavy atom. The van der Waals surface area contributed by atoms with Gasteiger partial charge in [-0.15, -0.1) is 11.3 Å². The Kier molecular flexibility index (Phi) is 6.03. The van der Waals surface area contributed by atoms with E-state index in [2.05, 4.69) is 4.98 Å². The minimum Gasteiger partial charge on any atom is -0.497 e. The van der Waals surface area contributed by atoms with Crippen LogP contribution in [0.25, 0.3) is 27.0 Å². The lowest BCUT2D eigenvalue weighted by molar-refractivity contribution is -0.118. The number of carbonyl (C=O) groups is 1. The maximum absolute atomic E-state index is 13.9. The van der Waals surface area contributed by atoms with Gasteiger partial charge in [0.05, 0.1) is 23.9 Å². The van der Waals surface area contributed by atoms with Gasteiger partial charge in [0.25, 0.3) is 5.56 Å². The maximum atomic E-state index is 13.9. The minimum atomic E-state index is -0.485. The van der Waals surface area contributed by atoms with Gasteiger partial charge < -0.3 is 4.74 Å². The molecule has 0 saturated heterocycles. The number of hydrogen-bond donors (Lipinski definition) is 2. The predicted octanol–water partition coefficient (Wildman–Crippen LogP) is 3.34. The Hall–Kier alpha value is -3.21. The number of rotatable bonds is 6. The number of thiophene rings is 1. The fourth-order valence-electron chi connectivity index (χ4n) is 3.07. The van der Waals surface area contributed by atoms with Gasteiger partial charge in [-0.05, 0) is 35.9 Å². The summed E-state index contributed by atoms with van der Waals surface area (Å²) in [5.41, 5.74) is 3.58. The highest BCUT2D eigenvalue weighted by atomic mass is 32.2. The summed E-state index contributed by atoms with van der Waals surface area (Å²) < 4.78 is 20.4. The molecule has 158 valence electrons. The van der Waals surface area contributed by atoms with E-state index in [0.29, 0.717) is 21.7 Å². The van der Waals surface area contributed by atoms with E-state index in [1.54, 1.807) is 13.2 Å². The number of ether oxygens (including phenoxy) is 1. The van der Waals surface area contributed by atoms with Crippen molar-refractivity contribution in [3.63, 3.8) is 0 Å². The fourth-order valence-corrected chi connectivity index (χ4v) is 4.88. The first-order valence-corrected chi connectivity index (χ1v) is 10.9. The number of thioether (sulfide) groups is 1. The number of hydrogen-bond acceptors (Lipinski definition) is 7. The highest BCUT2D eigenvalue weighted by Gasteiger charge is 2.19. The van der Waals surface area contributed by atoms with Crippen LogP contribution in [0, 0.1) is 5.82 Å². The molecule has 0 aliphatic heterocycles. The van der Waals surface area contributed by atoms with Crippen LogP contribution in [-0.4, -0.2) is 28.3 Å². The normalized spacial score (nSPS) is 10.9. The van der Waals surface area contributed by atoms with Gasteiger partial charge in [-0.3, -0.25) is 19.6 Å². The molecular weight excluding hydrogens is 439 g/mol. The number of aromatic nitrogens is 2. The molecule has 2 aromatic heterocycles. The number of methoxy groups -OCH3 is 1. The van der Waals surface area contributed by atoms with Crippen molar-refractivity contribution in [2.45, 2.75) is 5.16 Å². The molecule has 0 unspecified atom stereocenters. The summed E-state index contributed by atoms with van der Waals surface area (Å²) in [6.07, 6.45) is 0. The van der Waals surface area contributed by atoms with E-state index in [1.807, 2.05) is 35.1 Å². The van der Waals surface area contributed by atoms with Crippen molar-refractivity contribution in [2.24, 2.45) is 5.84 Å². The van der Waals surface area contributed by atoms with E-state index < -0.39 is 11.7 Å². The molecule has 10 heteroatoms. The van der Waals surface area contributed by atoms with Crippen LogP contribution in [0.4, 0.5) is 4.39 Å². The lowest BCUT2D eigenvalue weighted by Crippen LogP contribution is -2.32. The van der Waals surface area contributed by atoms with Crippen LogP contribution >= 0.6 is 23.1 Å². The van der Waals surface area contributed by atoms with Crippen LogP contribution < -0.4 is 21.6 Å². The molecule has 0 aliphatic rings. The molecule has 0 bridgehead atoms. The summed E-state index contributed by atoms with van der Waals surface area (Å²) in [5.74, 6) is 4.91. The molecular formula is C21H17FN4O3S2. The Morgan fingerprint density at radius 1 is 1.29 bits per heavy atom. The second-order valence-corrected chi connectivity index (χ2v) is 8.23. The van der Waals surface area contributed by atoms with Gasteiger partial charge in [0, 0.05) is 10.9 Å². The van der Waals surface area contributed by atoms with Crippen LogP contribution in [-0.2, 0) is 4.79 Å². The summed E-state index contributed by atoms with van der Waals surface area (Å²) in [4.78, 5) is 30.4. The molecule has 0 aliphatic carbocycles. The van der Waals surface area contributed by atoms with E-state index >= 15 is 0 Å². The summed E-state index contributed by atoms with van der Waals surface area (Å²) in [5, 5.41) is 2.56. The molecule has 3 N–H and O–H groups in total. The molecule has 2 heterocycles. The number of fused-ring (bicyclic) bond motifs is 1. The molecule has 7 nitrogen and oxygen atoms in total. The van der Waals surface area contributed by atoms with Gasteiger partial charge in [0.1, 0.15) is 16.4 Å². The number of nitrogens with two attached hydrogens (primary N) is 1. The second kappa shape index (κ2) is 8.88. The number of nitrogens with one attached hydrogen (secondary N) is 1. The second-order valence-electron chi connectivity index (χ2n) is 6.43. The van der Waals surface area contributed by atoms with E-state index in [1.165, 1.54) is 34.1 Å². The summed E-state index contributed by atoms with van der Waals surface area (Å²) in [7, 11) is 1.58. The Bertz CT molecular complexity index is 1320. The average molecular weight is 457 g/mol. The lowest BCUT2D eigenvalue weighted by atomic mass is 10.1. The molecule has 4 aromatic rings. The third kappa shape index (κ3) is 4.18. The molecule has 4 rings (SSSR count). The van der Waals surface area contributed by atoms with Gasteiger partial charge in [0.2, 0.25) is 5.91 Å². The standard InChI is InChI=1S/C21H17FN4O3S2/c1-29-15-7-5-12(6-8-15)16-10-30-19-18(16)20(28)26(14-4-2-3-13(22)9-14)21(24-19)31-11-17(27)25-23/h2-10H,11,23H2,1H3,(H,25,27).